The quantitative estimate of drug-likeness (QED) is 0.665. The topological polar surface area (TPSA) is 18.5 Å². The predicted octanol–water partition coefficient (Wildman–Crippen LogP) is 5.13. The first-order valence-electron chi connectivity index (χ1n) is 6.76. The average Bonchev–Trinajstić information content (AvgIpc) is 2.86. The molecule has 1 heterocycles. The van der Waals surface area contributed by atoms with Crippen LogP contribution in [0.4, 0.5) is 8.78 Å². The number of ether oxygens (including phenoxy) is 2. The number of rotatable bonds is 4. The van der Waals surface area contributed by atoms with Crippen LogP contribution in [-0.4, -0.2) is 13.2 Å². The monoisotopic (exact) mass is 308 g/mol. The van der Waals surface area contributed by atoms with Crippen molar-refractivity contribution in [3.63, 3.8) is 0 Å². The van der Waals surface area contributed by atoms with Gasteiger partial charge >= 0.3 is 0 Å². The Morgan fingerprint density at radius 2 is 1.24 bits per heavy atom. The van der Waals surface area contributed by atoms with E-state index in [9.17, 15) is 8.78 Å². The highest BCUT2D eigenvalue weighted by Gasteiger charge is 2.17. The molecule has 1 aromatic heterocycles. The van der Waals surface area contributed by atoms with Crippen molar-refractivity contribution >= 4 is 31.5 Å². The van der Waals surface area contributed by atoms with Gasteiger partial charge < -0.3 is 9.47 Å². The number of halogens is 2. The minimum atomic E-state index is -0.437. The van der Waals surface area contributed by atoms with Gasteiger partial charge in [-0.05, 0) is 38.1 Å². The molecular weight excluding hydrogens is 294 g/mol. The molecule has 0 fully saturated rings. The van der Waals surface area contributed by atoms with E-state index in [-0.39, 0.29) is 11.5 Å². The zero-order valence-electron chi connectivity index (χ0n) is 11.7. The molecule has 2 nitrogen and oxygen atoms in total. The maximum atomic E-state index is 14.4. The highest BCUT2D eigenvalue weighted by atomic mass is 32.1. The maximum Gasteiger partial charge on any atom is 0.182 e. The summed E-state index contributed by atoms with van der Waals surface area (Å²) < 4.78 is 40.1. The van der Waals surface area contributed by atoms with Crippen molar-refractivity contribution in [1.29, 1.82) is 0 Å². The minimum absolute atomic E-state index is 0.196. The van der Waals surface area contributed by atoms with Gasteiger partial charge in [0.2, 0.25) is 0 Å². The fourth-order valence-corrected chi connectivity index (χ4v) is 3.50. The highest BCUT2D eigenvalue weighted by Crippen LogP contribution is 2.41. The van der Waals surface area contributed by atoms with Crippen LogP contribution in [0.2, 0.25) is 0 Å². The van der Waals surface area contributed by atoms with Crippen LogP contribution in [0, 0.1) is 11.6 Å². The highest BCUT2D eigenvalue weighted by molar-refractivity contribution is 7.25. The van der Waals surface area contributed by atoms with Gasteiger partial charge in [0, 0.05) is 10.8 Å². The second kappa shape index (κ2) is 5.48. The van der Waals surface area contributed by atoms with Crippen molar-refractivity contribution in [2.24, 2.45) is 0 Å². The Hall–Kier alpha value is -1.88. The van der Waals surface area contributed by atoms with Gasteiger partial charge in [-0.15, -0.1) is 11.3 Å². The molecule has 0 N–H and O–H groups in total. The molecule has 3 rings (SSSR count). The molecule has 110 valence electrons. The summed E-state index contributed by atoms with van der Waals surface area (Å²) in [5.74, 6) is -0.482. The molecule has 0 aliphatic heterocycles. The Balaban J connectivity index is 2.28. The summed E-state index contributed by atoms with van der Waals surface area (Å²) in [5.41, 5.74) is 0. The molecule has 0 aliphatic carbocycles. The number of fused-ring (bicyclic) bond motifs is 3. The van der Waals surface area contributed by atoms with Gasteiger partial charge in [-0.25, -0.2) is 8.78 Å². The van der Waals surface area contributed by atoms with Crippen LogP contribution in [0.3, 0.4) is 0 Å². The number of thiophene rings is 1. The fraction of sp³-hybridized carbons (Fsp3) is 0.250. The Bertz CT molecular complexity index is 745. The Kier molecular flexibility index (Phi) is 3.68. The third-order valence-electron chi connectivity index (χ3n) is 3.22. The second-order valence-electron chi connectivity index (χ2n) is 4.48. The third-order valence-corrected chi connectivity index (χ3v) is 4.42. The first-order valence-corrected chi connectivity index (χ1v) is 7.57. The zero-order valence-corrected chi connectivity index (χ0v) is 12.5. The molecule has 0 saturated carbocycles. The van der Waals surface area contributed by atoms with Crippen LogP contribution >= 0.6 is 11.3 Å². The first kappa shape index (κ1) is 14.1. The normalized spacial score (nSPS) is 11.2. The van der Waals surface area contributed by atoms with Crippen molar-refractivity contribution < 1.29 is 18.3 Å². The molecule has 0 unspecified atom stereocenters. The van der Waals surface area contributed by atoms with Crippen molar-refractivity contribution in [3.05, 3.63) is 35.9 Å². The third kappa shape index (κ3) is 2.21. The molecule has 21 heavy (non-hydrogen) atoms. The molecule has 0 atom stereocenters. The van der Waals surface area contributed by atoms with Crippen molar-refractivity contribution in [2.75, 3.05) is 13.2 Å². The van der Waals surface area contributed by atoms with Gasteiger partial charge in [-0.3, -0.25) is 0 Å². The van der Waals surface area contributed by atoms with E-state index in [0.29, 0.717) is 33.4 Å². The molecule has 2 aromatic carbocycles. The minimum Gasteiger partial charge on any atom is -0.491 e. The van der Waals surface area contributed by atoms with Crippen molar-refractivity contribution in [2.45, 2.75) is 13.8 Å². The second-order valence-corrected chi connectivity index (χ2v) is 5.50. The van der Waals surface area contributed by atoms with Gasteiger partial charge in [0.15, 0.2) is 23.1 Å². The van der Waals surface area contributed by atoms with E-state index >= 15 is 0 Å². The summed E-state index contributed by atoms with van der Waals surface area (Å²) in [6.07, 6.45) is 0. The lowest BCUT2D eigenvalue weighted by molar-refractivity contribution is 0.323. The zero-order chi connectivity index (χ0) is 15.0. The summed E-state index contributed by atoms with van der Waals surface area (Å²) in [7, 11) is 0. The largest absolute Gasteiger partial charge is 0.491 e. The smallest absolute Gasteiger partial charge is 0.182 e. The van der Waals surface area contributed by atoms with E-state index in [1.165, 1.54) is 0 Å². The van der Waals surface area contributed by atoms with Crippen molar-refractivity contribution in [1.82, 2.24) is 0 Å². The van der Waals surface area contributed by atoms with Gasteiger partial charge in [-0.1, -0.05) is 0 Å². The van der Waals surface area contributed by atoms with Gasteiger partial charge in [-0.2, -0.15) is 0 Å². The molecular formula is C16H14F2O2S. The van der Waals surface area contributed by atoms with Crippen LogP contribution in [-0.2, 0) is 0 Å². The number of hydrogen-bond donors (Lipinski definition) is 0. The molecule has 0 saturated heterocycles. The molecule has 3 aromatic rings. The summed E-state index contributed by atoms with van der Waals surface area (Å²) >= 11 is 1.08. The van der Waals surface area contributed by atoms with E-state index in [1.54, 1.807) is 38.1 Å². The lowest BCUT2D eigenvalue weighted by atomic mass is 10.1. The van der Waals surface area contributed by atoms with Crippen LogP contribution in [0.1, 0.15) is 13.8 Å². The van der Waals surface area contributed by atoms with E-state index in [4.69, 9.17) is 9.47 Å². The maximum absolute atomic E-state index is 14.4. The van der Waals surface area contributed by atoms with Gasteiger partial charge in [0.05, 0.1) is 22.6 Å². The summed E-state index contributed by atoms with van der Waals surface area (Å²) in [4.78, 5) is 0. The first-order chi connectivity index (χ1) is 10.2. The van der Waals surface area contributed by atoms with Gasteiger partial charge in [0.25, 0.3) is 0 Å². The Morgan fingerprint density at radius 1 is 0.810 bits per heavy atom. The Labute approximate surface area is 124 Å². The van der Waals surface area contributed by atoms with E-state index in [1.807, 2.05) is 0 Å². The predicted molar refractivity (Wildman–Crippen MR) is 81.6 cm³/mol. The van der Waals surface area contributed by atoms with E-state index in [2.05, 4.69) is 0 Å². The van der Waals surface area contributed by atoms with Crippen LogP contribution in [0.15, 0.2) is 24.3 Å². The fourth-order valence-electron chi connectivity index (χ4n) is 2.34. The van der Waals surface area contributed by atoms with Gasteiger partial charge in [0.1, 0.15) is 0 Å². The van der Waals surface area contributed by atoms with E-state index < -0.39 is 11.6 Å². The summed E-state index contributed by atoms with van der Waals surface area (Å²) in [6.45, 7) is 4.36. The molecule has 5 heteroatoms. The van der Waals surface area contributed by atoms with Crippen LogP contribution in [0.5, 0.6) is 11.5 Å². The lowest BCUT2D eigenvalue weighted by Gasteiger charge is -2.05. The number of hydrogen-bond acceptors (Lipinski definition) is 3. The van der Waals surface area contributed by atoms with Crippen LogP contribution in [0.25, 0.3) is 20.2 Å². The van der Waals surface area contributed by atoms with Crippen molar-refractivity contribution in [3.8, 4) is 11.5 Å². The molecule has 0 aliphatic rings. The summed E-state index contributed by atoms with van der Waals surface area (Å²) in [6, 6.07) is 6.70. The van der Waals surface area contributed by atoms with E-state index in [0.717, 1.165) is 11.3 Å². The standard InChI is InChI=1S/C16H14F2O2S/c1-3-19-11-7-5-9-10-6-8-12(20-4-2)14(18)16(10)21-15(9)13(11)17/h5-8H,3-4H2,1-2H3. The SMILES string of the molecule is CCOc1ccc2c(sc3c(F)c(OCC)ccc32)c1F. The number of benzene rings is 2. The van der Waals surface area contributed by atoms with Crippen LogP contribution < -0.4 is 9.47 Å². The Morgan fingerprint density at radius 3 is 1.62 bits per heavy atom. The lowest BCUT2D eigenvalue weighted by Crippen LogP contribution is -1.94. The average molecular weight is 308 g/mol. The summed E-state index contributed by atoms with van der Waals surface area (Å²) in [5, 5.41) is 1.39. The molecule has 0 radical (unpaired) electrons. The molecule has 0 spiro atoms. The molecule has 0 bridgehead atoms. The molecule has 0 amide bonds.